The van der Waals surface area contributed by atoms with E-state index < -0.39 is 0 Å². The van der Waals surface area contributed by atoms with Gasteiger partial charge in [-0.1, -0.05) is 44.2 Å². The van der Waals surface area contributed by atoms with Crippen LogP contribution in [0.2, 0.25) is 0 Å². The summed E-state index contributed by atoms with van der Waals surface area (Å²) in [7, 11) is 1.61. The topological polar surface area (TPSA) is 63.7 Å². The van der Waals surface area contributed by atoms with Gasteiger partial charge in [-0.3, -0.25) is 4.79 Å². The summed E-state index contributed by atoms with van der Waals surface area (Å²) in [5.74, 6) is 1.00. The van der Waals surface area contributed by atoms with E-state index in [0.29, 0.717) is 35.9 Å². The molecular formula is C24H29N3O3S. The van der Waals surface area contributed by atoms with Crippen molar-refractivity contribution in [3.8, 4) is 11.5 Å². The number of aromatic nitrogens is 1. The molecule has 1 amide bonds. The highest BCUT2D eigenvalue weighted by molar-refractivity contribution is 7.09. The lowest BCUT2D eigenvalue weighted by Gasteiger charge is -2.19. The van der Waals surface area contributed by atoms with Crippen molar-refractivity contribution in [1.29, 1.82) is 0 Å². The summed E-state index contributed by atoms with van der Waals surface area (Å²) in [6.07, 6.45) is 0.714. The monoisotopic (exact) mass is 439 g/mol. The van der Waals surface area contributed by atoms with Crippen LogP contribution in [0.3, 0.4) is 0 Å². The number of likely N-dealkylation sites (N-methyl/N-ethyl adjacent to an activating group) is 1. The third-order valence-electron chi connectivity index (χ3n) is 4.96. The van der Waals surface area contributed by atoms with E-state index in [1.807, 2.05) is 18.2 Å². The number of nitrogens with zero attached hydrogens (tertiary/aromatic N) is 2. The second kappa shape index (κ2) is 11.5. The Morgan fingerprint density at radius 2 is 1.87 bits per heavy atom. The lowest BCUT2D eigenvalue weighted by molar-refractivity contribution is 0.102. The lowest BCUT2D eigenvalue weighted by atomic mass is 10.2. The van der Waals surface area contributed by atoms with E-state index in [0.717, 1.165) is 24.6 Å². The number of rotatable bonds is 11. The van der Waals surface area contributed by atoms with Gasteiger partial charge in [0.25, 0.3) is 5.91 Å². The van der Waals surface area contributed by atoms with E-state index in [1.54, 1.807) is 30.7 Å². The second-order valence-corrected chi connectivity index (χ2v) is 7.93. The number of nitrogens with one attached hydrogen (secondary N) is 1. The van der Waals surface area contributed by atoms with E-state index in [-0.39, 0.29) is 5.91 Å². The summed E-state index contributed by atoms with van der Waals surface area (Å²) >= 11 is 1.49. The molecule has 31 heavy (non-hydrogen) atoms. The Balaban J connectivity index is 1.63. The zero-order valence-electron chi connectivity index (χ0n) is 18.3. The molecule has 0 atom stereocenters. The Bertz CT molecular complexity index is 971. The minimum atomic E-state index is -0.241. The number of hydrogen-bond acceptors (Lipinski definition) is 6. The normalized spacial score (nSPS) is 10.8. The van der Waals surface area contributed by atoms with Gasteiger partial charge in [0.2, 0.25) is 0 Å². The highest BCUT2D eigenvalue weighted by atomic mass is 32.1. The molecule has 1 heterocycles. The van der Waals surface area contributed by atoms with Crippen molar-refractivity contribution < 1.29 is 14.3 Å². The zero-order valence-corrected chi connectivity index (χ0v) is 19.1. The maximum atomic E-state index is 12.7. The maximum absolute atomic E-state index is 12.7. The van der Waals surface area contributed by atoms with Gasteiger partial charge >= 0.3 is 0 Å². The van der Waals surface area contributed by atoms with Gasteiger partial charge in [0.15, 0.2) is 11.5 Å². The van der Waals surface area contributed by atoms with Crippen molar-refractivity contribution in [1.82, 2.24) is 9.88 Å². The van der Waals surface area contributed by atoms with E-state index >= 15 is 0 Å². The predicted molar refractivity (Wildman–Crippen MR) is 126 cm³/mol. The van der Waals surface area contributed by atoms with Crippen LogP contribution in [0.5, 0.6) is 11.5 Å². The minimum absolute atomic E-state index is 0.241. The van der Waals surface area contributed by atoms with Crippen molar-refractivity contribution in [2.75, 3.05) is 38.7 Å². The van der Waals surface area contributed by atoms with Gasteiger partial charge in [0.1, 0.15) is 12.3 Å². The molecule has 0 bridgehead atoms. The average molecular weight is 440 g/mol. The number of amides is 1. The fourth-order valence-electron chi connectivity index (χ4n) is 3.15. The molecule has 3 aromatic rings. The Kier molecular flexibility index (Phi) is 8.44. The van der Waals surface area contributed by atoms with Gasteiger partial charge in [-0.05, 0) is 30.8 Å². The summed E-state index contributed by atoms with van der Waals surface area (Å²) < 4.78 is 11.3. The first-order valence-corrected chi connectivity index (χ1v) is 11.3. The Labute approximate surface area is 187 Å². The summed E-state index contributed by atoms with van der Waals surface area (Å²) in [6, 6.07) is 15.5. The third kappa shape index (κ3) is 6.54. The van der Waals surface area contributed by atoms with E-state index in [4.69, 9.17) is 9.47 Å². The van der Waals surface area contributed by atoms with Gasteiger partial charge < -0.3 is 19.7 Å². The first-order valence-electron chi connectivity index (χ1n) is 10.5. The number of ether oxygens (including phenoxy) is 2. The molecule has 0 aliphatic carbocycles. The van der Waals surface area contributed by atoms with E-state index in [2.05, 4.69) is 41.2 Å². The average Bonchev–Trinajstić information content (AvgIpc) is 3.26. The summed E-state index contributed by atoms with van der Waals surface area (Å²) in [5.41, 5.74) is 2.22. The van der Waals surface area contributed by atoms with Crippen LogP contribution in [0, 0.1) is 0 Å². The van der Waals surface area contributed by atoms with Gasteiger partial charge in [-0.2, -0.15) is 0 Å². The van der Waals surface area contributed by atoms with Crippen LogP contribution in [-0.4, -0.2) is 49.1 Å². The number of thiazole rings is 1. The van der Waals surface area contributed by atoms with Crippen LogP contribution in [0.4, 0.5) is 5.69 Å². The number of methoxy groups -OCH3 is 1. The number of anilines is 1. The standard InChI is InChI=1S/C24H29N3O3S/c1-4-27(5-2)13-14-30-22-16-19(11-12-21(22)29-3)25-24(28)20-17-31-23(26-20)15-18-9-7-6-8-10-18/h6-12,16-17H,4-5,13-15H2,1-3H3,(H,25,28). The van der Waals surface area contributed by atoms with Crippen LogP contribution < -0.4 is 14.8 Å². The van der Waals surface area contributed by atoms with Crippen molar-refractivity contribution in [3.63, 3.8) is 0 Å². The Hall–Kier alpha value is -2.90. The first-order chi connectivity index (χ1) is 15.1. The molecule has 6 nitrogen and oxygen atoms in total. The number of carbonyl (C=O) groups is 1. The lowest BCUT2D eigenvalue weighted by Crippen LogP contribution is -2.28. The molecule has 0 spiro atoms. The molecule has 0 unspecified atom stereocenters. The molecule has 1 N–H and O–H groups in total. The molecule has 2 aromatic carbocycles. The molecule has 0 aliphatic heterocycles. The molecule has 3 rings (SSSR count). The van der Waals surface area contributed by atoms with Crippen molar-refractivity contribution in [3.05, 3.63) is 70.2 Å². The van der Waals surface area contributed by atoms with Crippen molar-refractivity contribution in [2.45, 2.75) is 20.3 Å². The molecule has 0 saturated carbocycles. The fraction of sp³-hybridized carbons (Fsp3) is 0.333. The summed E-state index contributed by atoms with van der Waals surface area (Å²) in [6.45, 7) is 7.59. The van der Waals surface area contributed by atoms with Gasteiger partial charge in [0, 0.05) is 30.1 Å². The molecule has 164 valence electrons. The number of carbonyl (C=O) groups excluding carboxylic acids is 1. The quantitative estimate of drug-likeness (QED) is 0.469. The van der Waals surface area contributed by atoms with E-state index in [9.17, 15) is 4.79 Å². The molecule has 0 radical (unpaired) electrons. The molecule has 1 aromatic heterocycles. The first kappa shape index (κ1) is 22.8. The number of hydrogen-bond donors (Lipinski definition) is 1. The second-order valence-electron chi connectivity index (χ2n) is 6.98. The predicted octanol–water partition coefficient (Wildman–Crippen LogP) is 4.72. The Morgan fingerprint density at radius 3 is 2.58 bits per heavy atom. The Morgan fingerprint density at radius 1 is 1.10 bits per heavy atom. The third-order valence-corrected chi connectivity index (χ3v) is 5.81. The SMILES string of the molecule is CCN(CC)CCOc1cc(NC(=O)c2csc(Cc3ccccc3)n2)ccc1OC. The van der Waals surface area contributed by atoms with Crippen molar-refractivity contribution in [2.24, 2.45) is 0 Å². The van der Waals surface area contributed by atoms with E-state index in [1.165, 1.54) is 16.9 Å². The highest BCUT2D eigenvalue weighted by Crippen LogP contribution is 2.30. The van der Waals surface area contributed by atoms with Gasteiger partial charge in [-0.25, -0.2) is 4.98 Å². The van der Waals surface area contributed by atoms with Crippen LogP contribution in [0.1, 0.15) is 34.9 Å². The van der Waals surface area contributed by atoms with Crippen molar-refractivity contribution >= 4 is 22.9 Å². The number of benzene rings is 2. The molecule has 0 aliphatic rings. The smallest absolute Gasteiger partial charge is 0.275 e. The van der Waals surface area contributed by atoms with Gasteiger partial charge in [0.05, 0.1) is 12.1 Å². The fourth-order valence-corrected chi connectivity index (χ4v) is 3.96. The van der Waals surface area contributed by atoms with Crippen LogP contribution in [0.15, 0.2) is 53.9 Å². The summed E-state index contributed by atoms with van der Waals surface area (Å²) in [4.78, 5) is 19.5. The van der Waals surface area contributed by atoms with Crippen LogP contribution in [-0.2, 0) is 6.42 Å². The maximum Gasteiger partial charge on any atom is 0.275 e. The largest absolute Gasteiger partial charge is 0.493 e. The molecule has 0 fully saturated rings. The van der Waals surface area contributed by atoms with Crippen LogP contribution in [0.25, 0.3) is 0 Å². The van der Waals surface area contributed by atoms with Gasteiger partial charge in [-0.15, -0.1) is 11.3 Å². The molecular weight excluding hydrogens is 410 g/mol. The molecule has 0 saturated heterocycles. The molecule has 7 heteroatoms. The highest BCUT2D eigenvalue weighted by Gasteiger charge is 2.13. The summed E-state index contributed by atoms with van der Waals surface area (Å²) in [5, 5.41) is 5.61. The minimum Gasteiger partial charge on any atom is -0.493 e. The zero-order chi connectivity index (χ0) is 22.1. The van der Waals surface area contributed by atoms with Crippen LogP contribution >= 0.6 is 11.3 Å².